The van der Waals surface area contributed by atoms with Crippen LogP contribution >= 0.6 is 0 Å². The van der Waals surface area contributed by atoms with E-state index in [4.69, 9.17) is 0 Å². The predicted octanol–water partition coefficient (Wildman–Crippen LogP) is 0.0399. The number of hydrogen-bond donors (Lipinski definition) is 0. The number of allylic oxidation sites excluding steroid dienone is 4. The van der Waals surface area contributed by atoms with Crippen LogP contribution in [0.5, 0.6) is 0 Å². The second-order valence-electron chi connectivity index (χ2n) is 4.84. The average molecular weight is 568 g/mol. The fourth-order valence-corrected chi connectivity index (χ4v) is 0.859. The number of Topliss-reactive ketones (excluding diaryl/α,β-unsaturated/α-hetero) is 2. The molecule has 0 bridgehead atoms. The number of carbonyl (C=O) groups is 4. The van der Waals surface area contributed by atoms with Gasteiger partial charge in [-0.25, -0.2) is 0 Å². The molecule has 0 spiro atoms. The van der Waals surface area contributed by atoms with Crippen molar-refractivity contribution in [2.45, 2.75) is 41.5 Å². The third-order valence-corrected chi connectivity index (χ3v) is 1.22. The van der Waals surface area contributed by atoms with E-state index in [9.17, 15) is 33.6 Å². The van der Waals surface area contributed by atoms with Gasteiger partial charge >= 0.3 is 20.1 Å². The van der Waals surface area contributed by atoms with Gasteiger partial charge in [-0.3, -0.25) is 20.2 Å². The number of hydrogen-bond acceptors (Lipinski definition) is 7. The molecule has 7 nitrogen and oxygen atoms in total. The summed E-state index contributed by atoms with van der Waals surface area (Å²) >= 11 is 0. The van der Waals surface area contributed by atoms with Gasteiger partial charge in [-0.1, -0.05) is 13.8 Å². The van der Waals surface area contributed by atoms with Crippen LogP contribution in [0.1, 0.15) is 41.5 Å². The first-order valence-corrected chi connectivity index (χ1v) is 8.91. The summed E-state index contributed by atoms with van der Waals surface area (Å²) in [6.07, 6.45) is 6.44. The third-order valence-electron chi connectivity index (χ3n) is 1.22. The van der Waals surface area contributed by atoms with Crippen molar-refractivity contribution >= 4 is 33.9 Å². The van der Waals surface area contributed by atoms with E-state index in [1.807, 2.05) is 0 Å². The summed E-state index contributed by atoms with van der Waals surface area (Å²) in [5, 5.41) is 20.0. The zero-order valence-electron chi connectivity index (χ0n) is 16.3. The summed E-state index contributed by atoms with van der Waals surface area (Å²) in [6, 6.07) is 0. The fraction of sp³-hybridized carbons (Fsp3) is 0.471. The zero-order valence-corrected chi connectivity index (χ0v) is 19.5. The predicted molar refractivity (Wildman–Crippen MR) is 94.5 cm³/mol. The standard InChI is InChI=1S/2C5H8O2.C5H7O2.C2H6OS.Ir/c3*1-4(6)3-5(2)7;1-4(2)3;/h2*3,6H,1-2H3;3H,1-2H3;1-2H3;/q;;-1;;+3/p-2/b2*4-3-;;;. The Morgan fingerprint density at radius 1 is 0.731 bits per heavy atom. The van der Waals surface area contributed by atoms with Crippen LogP contribution in [0.15, 0.2) is 23.7 Å². The molecule has 0 heterocycles. The minimum Gasteiger partial charge on any atom is -0.876 e. The molecule has 0 aromatic heterocycles. The van der Waals surface area contributed by atoms with Gasteiger partial charge < -0.3 is 19.8 Å². The molecule has 0 aliphatic rings. The van der Waals surface area contributed by atoms with Crippen LogP contribution < -0.4 is 10.2 Å². The van der Waals surface area contributed by atoms with Crippen LogP contribution in [0.2, 0.25) is 0 Å². The van der Waals surface area contributed by atoms with E-state index >= 15 is 0 Å². The van der Waals surface area contributed by atoms with Gasteiger partial charge in [0.1, 0.15) is 0 Å². The Morgan fingerprint density at radius 3 is 0.923 bits per heavy atom. The van der Waals surface area contributed by atoms with E-state index < -0.39 is 10.8 Å². The first-order chi connectivity index (χ1) is 11.1. The minimum atomic E-state index is -0.611. The SMILES string of the molecule is CC(=O)/C=C(/C)[O-].CC(=O)/C=C(/C)[O-].CC(=O)[CH-]C(C)=O.CS(C)=O.[Ir+3]. The van der Waals surface area contributed by atoms with Gasteiger partial charge in [0.15, 0.2) is 11.6 Å². The molecule has 0 radical (unpaired) electrons. The molecule has 9 heteroatoms. The Balaban J connectivity index is -0.0000000759. The van der Waals surface area contributed by atoms with Crippen molar-refractivity contribution in [3.8, 4) is 0 Å². The molecule has 0 unspecified atom stereocenters. The summed E-state index contributed by atoms with van der Waals surface area (Å²) < 4.78 is 9.56. The molecular formula is C17H27IrO7S. The van der Waals surface area contributed by atoms with Gasteiger partial charge in [0, 0.05) is 34.9 Å². The van der Waals surface area contributed by atoms with Gasteiger partial charge in [0.25, 0.3) is 0 Å². The normalized spacial score (nSPS) is 9.58. The molecule has 152 valence electrons. The van der Waals surface area contributed by atoms with Crippen LogP contribution in [0, 0.1) is 6.42 Å². The van der Waals surface area contributed by atoms with Gasteiger partial charge in [0.05, 0.1) is 0 Å². The van der Waals surface area contributed by atoms with Gasteiger partial charge in [-0.15, -0.1) is 11.5 Å². The van der Waals surface area contributed by atoms with E-state index in [0.29, 0.717) is 0 Å². The van der Waals surface area contributed by atoms with E-state index in [2.05, 4.69) is 0 Å². The van der Waals surface area contributed by atoms with Crippen LogP contribution in [0.3, 0.4) is 0 Å². The monoisotopic (exact) mass is 568 g/mol. The molecule has 0 fully saturated rings. The molecule has 0 saturated heterocycles. The van der Waals surface area contributed by atoms with Crippen molar-refractivity contribution in [1.29, 1.82) is 0 Å². The molecule has 26 heavy (non-hydrogen) atoms. The maximum atomic E-state index is 9.98. The van der Waals surface area contributed by atoms with Crippen molar-refractivity contribution in [3.05, 3.63) is 30.1 Å². The molecule has 0 N–H and O–H groups in total. The van der Waals surface area contributed by atoms with E-state index in [1.165, 1.54) is 41.5 Å². The van der Waals surface area contributed by atoms with Crippen LogP contribution in [0.4, 0.5) is 0 Å². The van der Waals surface area contributed by atoms with Crippen molar-refractivity contribution in [3.63, 3.8) is 0 Å². The Hall–Kier alpha value is -1.57. The van der Waals surface area contributed by atoms with E-state index in [0.717, 1.165) is 18.6 Å². The number of ketones is 4. The zero-order chi connectivity index (χ0) is 21.2. The summed E-state index contributed by atoms with van der Waals surface area (Å²) in [5.74, 6) is -1.12. The average Bonchev–Trinajstić information content (AvgIpc) is 2.22. The fourth-order valence-electron chi connectivity index (χ4n) is 0.859. The van der Waals surface area contributed by atoms with E-state index in [1.54, 1.807) is 12.5 Å². The Bertz CT molecular complexity index is 471. The topological polar surface area (TPSA) is 131 Å². The maximum absolute atomic E-state index is 9.98. The van der Waals surface area contributed by atoms with Crippen molar-refractivity contribution in [2.75, 3.05) is 12.5 Å². The Labute approximate surface area is 171 Å². The maximum Gasteiger partial charge on any atom is 3.00 e. The van der Waals surface area contributed by atoms with E-state index in [-0.39, 0.29) is 54.8 Å². The largest absolute Gasteiger partial charge is 3.00 e. The van der Waals surface area contributed by atoms with Crippen molar-refractivity contribution in [2.24, 2.45) is 0 Å². The Kier molecular flexibility index (Phi) is 32.0. The number of rotatable bonds is 4. The summed E-state index contributed by atoms with van der Waals surface area (Å²) in [5.41, 5.74) is 0. The third kappa shape index (κ3) is 94.7. The van der Waals surface area contributed by atoms with Crippen LogP contribution in [-0.2, 0) is 50.1 Å². The molecular weight excluding hydrogens is 540 g/mol. The second-order valence-corrected chi connectivity index (χ2v) is 6.32. The first-order valence-electron chi connectivity index (χ1n) is 6.94. The van der Waals surface area contributed by atoms with Crippen LogP contribution in [0.25, 0.3) is 0 Å². The van der Waals surface area contributed by atoms with Crippen molar-refractivity contribution < 1.29 is 53.7 Å². The molecule has 0 amide bonds. The molecule has 0 atom stereocenters. The summed E-state index contributed by atoms with van der Waals surface area (Å²) in [7, 11) is -0.611. The molecule has 0 aromatic rings. The summed E-state index contributed by atoms with van der Waals surface area (Å²) in [4.78, 5) is 39.9. The quantitative estimate of drug-likeness (QED) is 0.203. The number of carbonyl (C=O) groups excluding carboxylic acids is 4. The second kappa shape index (κ2) is 23.4. The summed E-state index contributed by atoms with van der Waals surface area (Å²) in [6.45, 7) is 8.09. The molecule has 0 aliphatic carbocycles. The van der Waals surface area contributed by atoms with Gasteiger partial charge in [-0.05, 0) is 39.8 Å². The van der Waals surface area contributed by atoms with Gasteiger partial charge in [-0.2, -0.15) is 0 Å². The molecule has 0 aliphatic heterocycles. The smallest absolute Gasteiger partial charge is 0.876 e. The van der Waals surface area contributed by atoms with Gasteiger partial charge in [0.2, 0.25) is 0 Å². The first kappa shape index (κ1) is 35.5. The molecule has 0 aromatic carbocycles. The molecule has 0 rings (SSSR count). The Morgan fingerprint density at radius 2 is 0.923 bits per heavy atom. The minimum absolute atomic E-state index is 0. The van der Waals surface area contributed by atoms with Crippen molar-refractivity contribution in [1.82, 2.24) is 0 Å². The molecule has 0 saturated carbocycles. The van der Waals surface area contributed by atoms with Crippen LogP contribution in [-0.4, -0.2) is 39.9 Å².